The van der Waals surface area contributed by atoms with Gasteiger partial charge in [0.15, 0.2) is 11.5 Å². The van der Waals surface area contributed by atoms with E-state index in [1.165, 1.54) is 16.7 Å². The Balaban J connectivity index is 1.87. The molecule has 2 aromatic rings. The van der Waals surface area contributed by atoms with Crippen LogP contribution in [0.25, 0.3) is 6.08 Å². The van der Waals surface area contributed by atoms with Crippen LogP contribution in [-0.2, 0) is 11.3 Å². The first-order valence-corrected chi connectivity index (χ1v) is 9.73. The van der Waals surface area contributed by atoms with Gasteiger partial charge in [0.05, 0.1) is 27.9 Å². The Bertz CT molecular complexity index is 849. The molecule has 1 aliphatic rings. The molecule has 0 spiro atoms. The molecule has 1 aliphatic heterocycles. The summed E-state index contributed by atoms with van der Waals surface area (Å²) in [6, 6.07) is 7.08. The average molecular weight is 487 g/mol. The number of thioether (sulfide) groups is 1. The first kappa shape index (κ1) is 18.3. The number of carbonyl (C=O) groups is 1. The fraction of sp³-hybridized carbons (Fsp3) is 0.176. The summed E-state index contributed by atoms with van der Waals surface area (Å²) < 4.78 is 11.9. The largest absolute Gasteiger partial charge is 0.504 e. The van der Waals surface area contributed by atoms with E-state index in [4.69, 9.17) is 21.4 Å². The highest BCUT2D eigenvalue weighted by molar-refractivity contribution is 14.1. The highest BCUT2D eigenvalue weighted by Gasteiger charge is 2.32. The smallest absolute Gasteiger partial charge is 0.266 e. The van der Waals surface area contributed by atoms with Crippen molar-refractivity contribution >= 4 is 62.9 Å². The quantitative estimate of drug-likeness (QED) is 0.384. The maximum absolute atomic E-state index is 12.6. The Morgan fingerprint density at radius 3 is 2.96 bits per heavy atom. The number of amides is 1. The number of phenolic OH excluding ortho intramolecular Hbond substituents is 1. The second-order valence-corrected chi connectivity index (χ2v) is 7.97. The van der Waals surface area contributed by atoms with Crippen LogP contribution in [-0.4, -0.2) is 26.8 Å². The molecule has 1 fully saturated rings. The molecule has 8 heteroatoms. The minimum Gasteiger partial charge on any atom is -0.504 e. The summed E-state index contributed by atoms with van der Waals surface area (Å²) >= 11 is 8.60. The summed E-state index contributed by atoms with van der Waals surface area (Å²) in [4.78, 5) is 14.7. The fourth-order valence-corrected chi connectivity index (χ4v) is 4.17. The van der Waals surface area contributed by atoms with Crippen LogP contribution >= 0.6 is 46.6 Å². The molecule has 3 rings (SSSR count). The molecule has 1 aromatic carbocycles. The van der Waals surface area contributed by atoms with Gasteiger partial charge in [0.1, 0.15) is 10.1 Å². The van der Waals surface area contributed by atoms with Crippen LogP contribution in [0, 0.1) is 3.57 Å². The highest BCUT2D eigenvalue weighted by atomic mass is 127. The third kappa shape index (κ3) is 4.01. The van der Waals surface area contributed by atoms with Crippen molar-refractivity contribution in [1.82, 2.24) is 4.90 Å². The number of ether oxygens (including phenoxy) is 1. The molecule has 5 nitrogen and oxygen atoms in total. The molecule has 2 heterocycles. The van der Waals surface area contributed by atoms with E-state index < -0.39 is 0 Å². The van der Waals surface area contributed by atoms with Gasteiger partial charge in [-0.25, -0.2) is 0 Å². The number of halogens is 1. The number of carbonyl (C=O) groups excluding carboxylic acids is 1. The van der Waals surface area contributed by atoms with Crippen molar-refractivity contribution < 1.29 is 19.1 Å². The van der Waals surface area contributed by atoms with Gasteiger partial charge >= 0.3 is 0 Å². The minimum atomic E-state index is -0.160. The van der Waals surface area contributed by atoms with Gasteiger partial charge in [-0.3, -0.25) is 9.69 Å². The van der Waals surface area contributed by atoms with Crippen molar-refractivity contribution in [1.29, 1.82) is 0 Å². The summed E-state index contributed by atoms with van der Waals surface area (Å²) in [7, 11) is 0. The van der Waals surface area contributed by atoms with Gasteiger partial charge in [-0.05, 0) is 65.4 Å². The molecule has 0 bridgehead atoms. The predicted molar refractivity (Wildman–Crippen MR) is 109 cm³/mol. The average Bonchev–Trinajstić information content (AvgIpc) is 3.17. The standard InChI is InChI=1S/C17H14INO4S2/c1-2-22-13-7-10(6-12(18)15(13)20)8-14-16(21)19(17(24)25-14)9-11-4-3-5-23-11/h3-8,20H,2,9H2,1H3/b14-8-. The van der Waals surface area contributed by atoms with Crippen molar-refractivity contribution in [2.75, 3.05) is 6.61 Å². The zero-order chi connectivity index (χ0) is 18.0. The molecule has 0 aliphatic carbocycles. The molecule has 0 atom stereocenters. The molecule has 130 valence electrons. The number of thiocarbonyl (C=S) groups is 1. The van der Waals surface area contributed by atoms with E-state index in [1.54, 1.807) is 36.6 Å². The molecule has 0 radical (unpaired) electrons. The van der Waals surface area contributed by atoms with Crippen molar-refractivity contribution in [2.24, 2.45) is 0 Å². The zero-order valence-corrected chi connectivity index (χ0v) is 17.0. The first-order valence-electron chi connectivity index (χ1n) is 7.42. The van der Waals surface area contributed by atoms with Crippen molar-refractivity contribution in [2.45, 2.75) is 13.5 Å². The van der Waals surface area contributed by atoms with Crippen LogP contribution in [0.3, 0.4) is 0 Å². The van der Waals surface area contributed by atoms with Gasteiger partial charge in [0, 0.05) is 0 Å². The molecule has 1 aromatic heterocycles. The number of benzene rings is 1. The molecule has 1 N–H and O–H groups in total. The van der Waals surface area contributed by atoms with Gasteiger partial charge in [-0.2, -0.15) is 0 Å². The third-order valence-corrected chi connectivity index (χ3v) is 5.62. The zero-order valence-electron chi connectivity index (χ0n) is 13.2. The van der Waals surface area contributed by atoms with E-state index in [0.29, 0.717) is 37.5 Å². The minimum absolute atomic E-state index is 0.102. The number of furan rings is 1. The van der Waals surface area contributed by atoms with Crippen LogP contribution in [0.15, 0.2) is 39.9 Å². The Morgan fingerprint density at radius 2 is 2.28 bits per heavy atom. The van der Waals surface area contributed by atoms with E-state index in [1.807, 2.05) is 29.5 Å². The second-order valence-electron chi connectivity index (χ2n) is 5.13. The number of hydrogen-bond acceptors (Lipinski definition) is 6. The molecule has 0 unspecified atom stereocenters. The van der Waals surface area contributed by atoms with Gasteiger partial charge in [0.25, 0.3) is 5.91 Å². The lowest BCUT2D eigenvalue weighted by molar-refractivity contribution is -0.122. The van der Waals surface area contributed by atoms with Gasteiger partial charge in [-0.1, -0.05) is 24.0 Å². The Labute approximate surface area is 168 Å². The lowest BCUT2D eigenvalue weighted by Crippen LogP contribution is -2.27. The SMILES string of the molecule is CCOc1cc(/C=C2\SC(=S)N(Cc3ccco3)C2=O)cc(I)c1O. The first-order chi connectivity index (χ1) is 12.0. The van der Waals surface area contributed by atoms with Crippen molar-refractivity contribution in [3.8, 4) is 11.5 Å². The van der Waals surface area contributed by atoms with Crippen LogP contribution in [0.1, 0.15) is 18.2 Å². The molecular formula is C17H14INO4S2. The monoisotopic (exact) mass is 487 g/mol. The molecule has 0 saturated carbocycles. The number of phenols is 1. The predicted octanol–water partition coefficient (Wildman–Crippen LogP) is 4.39. The molecular weight excluding hydrogens is 473 g/mol. The summed E-state index contributed by atoms with van der Waals surface area (Å²) in [6.07, 6.45) is 3.32. The van der Waals surface area contributed by atoms with Crippen molar-refractivity contribution in [3.63, 3.8) is 0 Å². The summed E-state index contributed by atoms with van der Waals surface area (Å²) in [5.74, 6) is 1.01. The van der Waals surface area contributed by atoms with Gasteiger partial charge in [-0.15, -0.1) is 0 Å². The molecule has 1 amide bonds. The van der Waals surface area contributed by atoms with Crippen LogP contribution in [0.5, 0.6) is 11.5 Å². The molecule has 25 heavy (non-hydrogen) atoms. The van der Waals surface area contributed by atoms with Crippen molar-refractivity contribution in [3.05, 3.63) is 50.3 Å². The van der Waals surface area contributed by atoms with E-state index >= 15 is 0 Å². The Kier molecular flexibility index (Phi) is 5.70. The third-order valence-electron chi connectivity index (χ3n) is 3.42. The maximum Gasteiger partial charge on any atom is 0.266 e. The summed E-state index contributed by atoms with van der Waals surface area (Å²) in [5, 5.41) is 10.0. The normalized spacial score (nSPS) is 16.1. The number of hydrogen-bond donors (Lipinski definition) is 1. The maximum atomic E-state index is 12.6. The van der Waals surface area contributed by atoms with E-state index in [0.717, 1.165) is 5.56 Å². The van der Waals surface area contributed by atoms with Crippen LogP contribution < -0.4 is 4.74 Å². The van der Waals surface area contributed by atoms with E-state index in [2.05, 4.69) is 0 Å². The Hall–Kier alpha value is -1.52. The molecule has 1 saturated heterocycles. The highest BCUT2D eigenvalue weighted by Crippen LogP contribution is 2.37. The fourth-order valence-electron chi connectivity index (χ4n) is 2.29. The van der Waals surface area contributed by atoms with Crippen LogP contribution in [0.2, 0.25) is 0 Å². The van der Waals surface area contributed by atoms with E-state index in [-0.39, 0.29) is 11.7 Å². The van der Waals surface area contributed by atoms with Crippen LogP contribution in [0.4, 0.5) is 0 Å². The van der Waals surface area contributed by atoms with Gasteiger partial charge in [0.2, 0.25) is 0 Å². The number of rotatable bonds is 5. The lowest BCUT2D eigenvalue weighted by Gasteiger charge is -2.12. The van der Waals surface area contributed by atoms with Gasteiger partial charge < -0.3 is 14.3 Å². The lowest BCUT2D eigenvalue weighted by atomic mass is 10.2. The Morgan fingerprint density at radius 1 is 1.48 bits per heavy atom. The summed E-state index contributed by atoms with van der Waals surface area (Å²) in [6.45, 7) is 2.60. The van der Waals surface area contributed by atoms with E-state index in [9.17, 15) is 9.90 Å². The topological polar surface area (TPSA) is 62.9 Å². The summed E-state index contributed by atoms with van der Waals surface area (Å²) in [5.41, 5.74) is 0.768. The number of aromatic hydroxyl groups is 1. The second kappa shape index (κ2) is 7.79. The number of nitrogens with zero attached hydrogens (tertiary/aromatic N) is 1.